The fourth-order valence-corrected chi connectivity index (χ4v) is 3.48. The molecule has 0 atom stereocenters. The van der Waals surface area contributed by atoms with E-state index in [-0.39, 0.29) is 28.7 Å². The van der Waals surface area contributed by atoms with E-state index in [0.29, 0.717) is 12.4 Å². The molecule has 1 saturated heterocycles. The van der Waals surface area contributed by atoms with Crippen molar-refractivity contribution in [2.24, 2.45) is 4.99 Å². The number of aryl methyl sites for hydroxylation is 2. The van der Waals surface area contributed by atoms with Crippen LogP contribution < -0.4 is 5.32 Å². The third kappa shape index (κ3) is 5.33. The lowest BCUT2D eigenvalue weighted by molar-refractivity contribution is 0.374. The molecule has 0 unspecified atom stereocenters. The van der Waals surface area contributed by atoms with Crippen molar-refractivity contribution in [2.45, 2.75) is 45.9 Å². The molecule has 7 heteroatoms. The van der Waals surface area contributed by atoms with Crippen molar-refractivity contribution in [1.29, 1.82) is 0 Å². The summed E-state index contributed by atoms with van der Waals surface area (Å²) in [5.41, 5.74) is 0.945. The predicted molar refractivity (Wildman–Crippen MR) is 104 cm³/mol. The van der Waals surface area contributed by atoms with Crippen molar-refractivity contribution >= 4 is 41.7 Å². The van der Waals surface area contributed by atoms with Gasteiger partial charge in [0, 0.05) is 30.1 Å². The van der Waals surface area contributed by atoms with Crippen LogP contribution in [-0.4, -0.2) is 46.0 Å². The Kier molecular flexibility index (Phi) is 7.51. The Morgan fingerprint density at radius 1 is 1.45 bits per heavy atom. The minimum Gasteiger partial charge on any atom is -0.444 e. The van der Waals surface area contributed by atoms with Crippen LogP contribution in [0.2, 0.25) is 0 Å². The highest BCUT2D eigenvalue weighted by Crippen LogP contribution is 2.29. The summed E-state index contributed by atoms with van der Waals surface area (Å²) in [7, 11) is 0. The Balaban J connectivity index is 0.00000242. The van der Waals surface area contributed by atoms with E-state index in [1.165, 1.54) is 0 Å². The van der Waals surface area contributed by atoms with E-state index in [2.05, 4.69) is 36.0 Å². The molecule has 0 radical (unpaired) electrons. The average Bonchev–Trinajstić information content (AvgIpc) is 2.72. The molecule has 0 amide bonds. The van der Waals surface area contributed by atoms with Crippen molar-refractivity contribution < 1.29 is 4.42 Å². The summed E-state index contributed by atoms with van der Waals surface area (Å²) in [6.45, 7) is 14.0. The van der Waals surface area contributed by atoms with Gasteiger partial charge in [0.2, 0.25) is 5.89 Å². The SMILES string of the molecule is CCNC(=NCc1nc(C)c(C)o1)N1CCSC(C)(C)C1.I. The summed E-state index contributed by atoms with van der Waals surface area (Å²) in [5, 5.41) is 3.38. The van der Waals surface area contributed by atoms with E-state index in [0.717, 1.165) is 42.8 Å². The molecule has 0 aromatic carbocycles. The van der Waals surface area contributed by atoms with Crippen LogP contribution in [0.15, 0.2) is 9.41 Å². The Morgan fingerprint density at radius 2 is 2.18 bits per heavy atom. The lowest BCUT2D eigenvalue weighted by atomic mass is 10.2. The van der Waals surface area contributed by atoms with Gasteiger partial charge in [0.1, 0.15) is 12.3 Å². The molecule has 0 saturated carbocycles. The number of guanidine groups is 1. The third-order valence-electron chi connectivity index (χ3n) is 3.50. The van der Waals surface area contributed by atoms with Gasteiger partial charge >= 0.3 is 0 Å². The number of oxazole rings is 1. The van der Waals surface area contributed by atoms with Gasteiger partial charge in [0.25, 0.3) is 0 Å². The molecule has 1 N–H and O–H groups in total. The maximum Gasteiger partial charge on any atom is 0.216 e. The number of aliphatic imine (C=N–C) groups is 1. The average molecular weight is 438 g/mol. The zero-order valence-corrected chi connectivity index (χ0v) is 17.2. The Labute approximate surface area is 154 Å². The van der Waals surface area contributed by atoms with Crippen LogP contribution in [0.4, 0.5) is 0 Å². The minimum absolute atomic E-state index is 0. The molecular formula is C15H27IN4OS. The molecule has 1 aliphatic rings. The third-order valence-corrected chi connectivity index (χ3v) is 4.79. The molecule has 1 aromatic rings. The largest absolute Gasteiger partial charge is 0.444 e. The lowest BCUT2D eigenvalue weighted by Crippen LogP contribution is -2.50. The minimum atomic E-state index is 0. The van der Waals surface area contributed by atoms with Crippen LogP contribution in [0.25, 0.3) is 0 Å². The number of nitrogens with zero attached hydrogens (tertiary/aromatic N) is 3. The Bertz CT molecular complexity index is 496. The first kappa shape index (κ1) is 19.6. The number of thioether (sulfide) groups is 1. The van der Waals surface area contributed by atoms with E-state index >= 15 is 0 Å². The van der Waals surface area contributed by atoms with Gasteiger partial charge in [-0.05, 0) is 34.6 Å². The standard InChI is InChI=1S/C15H26N4OS.HI/c1-6-16-14(19-7-8-21-15(4,5)10-19)17-9-13-18-11(2)12(3)20-13;/h6-10H2,1-5H3,(H,16,17);1H. The first-order chi connectivity index (χ1) is 9.91. The molecule has 2 heterocycles. The fraction of sp³-hybridized carbons (Fsp3) is 0.733. The number of hydrogen-bond donors (Lipinski definition) is 1. The zero-order chi connectivity index (χ0) is 15.5. The van der Waals surface area contributed by atoms with Gasteiger partial charge in [-0.25, -0.2) is 9.98 Å². The summed E-state index contributed by atoms with van der Waals surface area (Å²) >= 11 is 2.02. The zero-order valence-electron chi connectivity index (χ0n) is 14.1. The van der Waals surface area contributed by atoms with Gasteiger partial charge < -0.3 is 14.6 Å². The van der Waals surface area contributed by atoms with Gasteiger partial charge in [0.15, 0.2) is 5.96 Å². The molecule has 0 aliphatic carbocycles. The maximum atomic E-state index is 5.60. The highest BCUT2D eigenvalue weighted by atomic mass is 127. The van der Waals surface area contributed by atoms with Crippen LogP contribution in [0, 0.1) is 13.8 Å². The second-order valence-corrected chi connectivity index (χ2v) is 7.75. The number of aromatic nitrogens is 1. The van der Waals surface area contributed by atoms with Crippen molar-refractivity contribution in [2.75, 3.05) is 25.4 Å². The van der Waals surface area contributed by atoms with Crippen molar-refractivity contribution in [3.05, 3.63) is 17.3 Å². The van der Waals surface area contributed by atoms with E-state index in [1.807, 2.05) is 25.6 Å². The number of hydrogen-bond acceptors (Lipinski definition) is 4. The summed E-state index contributed by atoms with van der Waals surface area (Å²) in [4.78, 5) is 11.4. The van der Waals surface area contributed by atoms with Gasteiger partial charge in [-0.3, -0.25) is 0 Å². The topological polar surface area (TPSA) is 53.7 Å². The van der Waals surface area contributed by atoms with E-state index in [9.17, 15) is 0 Å². The molecule has 1 aromatic heterocycles. The van der Waals surface area contributed by atoms with Crippen LogP contribution in [0.1, 0.15) is 38.1 Å². The van der Waals surface area contributed by atoms with Gasteiger partial charge in [-0.2, -0.15) is 11.8 Å². The molecule has 0 spiro atoms. The summed E-state index contributed by atoms with van der Waals surface area (Å²) in [6.07, 6.45) is 0. The van der Waals surface area contributed by atoms with Crippen LogP contribution in [0.3, 0.4) is 0 Å². The van der Waals surface area contributed by atoms with Gasteiger partial charge in [-0.15, -0.1) is 24.0 Å². The molecule has 2 rings (SSSR count). The molecule has 5 nitrogen and oxygen atoms in total. The normalized spacial score (nSPS) is 18.0. The monoisotopic (exact) mass is 438 g/mol. The fourth-order valence-electron chi connectivity index (χ4n) is 2.37. The first-order valence-electron chi connectivity index (χ1n) is 7.51. The Morgan fingerprint density at radius 3 is 2.73 bits per heavy atom. The molecule has 126 valence electrons. The van der Waals surface area contributed by atoms with Gasteiger partial charge in [-0.1, -0.05) is 0 Å². The second kappa shape index (κ2) is 8.42. The van der Waals surface area contributed by atoms with Crippen LogP contribution in [0.5, 0.6) is 0 Å². The van der Waals surface area contributed by atoms with Crippen molar-refractivity contribution in [1.82, 2.24) is 15.2 Å². The second-order valence-electron chi connectivity index (χ2n) is 5.95. The first-order valence-corrected chi connectivity index (χ1v) is 8.50. The van der Waals surface area contributed by atoms with E-state index < -0.39 is 0 Å². The summed E-state index contributed by atoms with van der Waals surface area (Å²) in [5.74, 6) is 3.65. The highest BCUT2D eigenvalue weighted by Gasteiger charge is 2.28. The number of halogens is 1. The van der Waals surface area contributed by atoms with Crippen LogP contribution >= 0.6 is 35.7 Å². The molecular weight excluding hydrogens is 411 g/mol. The maximum absolute atomic E-state index is 5.60. The molecule has 1 aliphatic heterocycles. The van der Waals surface area contributed by atoms with E-state index in [4.69, 9.17) is 9.41 Å². The summed E-state index contributed by atoms with van der Waals surface area (Å²) in [6, 6.07) is 0. The molecule has 1 fully saturated rings. The smallest absolute Gasteiger partial charge is 0.216 e. The molecule has 0 bridgehead atoms. The van der Waals surface area contributed by atoms with Crippen molar-refractivity contribution in [3.63, 3.8) is 0 Å². The predicted octanol–water partition coefficient (Wildman–Crippen LogP) is 3.20. The quantitative estimate of drug-likeness (QED) is 0.446. The Hall–Kier alpha value is -0.440. The van der Waals surface area contributed by atoms with Crippen LogP contribution in [-0.2, 0) is 6.54 Å². The lowest BCUT2D eigenvalue weighted by Gasteiger charge is -2.39. The van der Waals surface area contributed by atoms with Gasteiger partial charge in [0.05, 0.1) is 5.69 Å². The number of nitrogens with one attached hydrogen (secondary N) is 1. The number of rotatable bonds is 3. The van der Waals surface area contributed by atoms with E-state index in [1.54, 1.807) is 0 Å². The van der Waals surface area contributed by atoms with Crippen molar-refractivity contribution in [3.8, 4) is 0 Å². The molecule has 22 heavy (non-hydrogen) atoms. The summed E-state index contributed by atoms with van der Waals surface area (Å²) < 4.78 is 5.87. The highest BCUT2D eigenvalue weighted by molar-refractivity contribution is 14.0.